The van der Waals surface area contributed by atoms with E-state index in [0.29, 0.717) is 11.3 Å². The molecule has 0 atom stereocenters. The van der Waals surface area contributed by atoms with Crippen LogP contribution in [-0.2, 0) is 0 Å². The van der Waals surface area contributed by atoms with Crippen LogP contribution in [0.15, 0.2) is 24.5 Å². The number of carbonyl (C=O) groups is 1. The molecule has 1 saturated carbocycles. The normalized spacial score (nSPS) is 20.4. The van der Waals surface area contributed by atoms with Crippen LogP contribution in [-0.4, -0.2) is 28.0 Å². The maximum absolute atomic E-state index is 12.7. The largest absolute Gasteiger partial charge is 0.489 e. The van der Waals surface area contributed by atoms with Crippen molar-refractivity contribution in [2.75, 3.05) is 0 Å². The zero-order chi connectivity index (χ0) is 23.6. The van der Waals surface area contributed by atoms with Crippen molar-refractivity contribution in [2.45, 2.75) is 74.5 Å². The summed E-state index contributed by atoms with van der Waals surface area (Å²) in [6.07, 6.45) is 2.99. The third-order valence-electron chi connectivity index (χ3n) is 6.00. The summed E-state index contributed by atoms with van der Waals surface area (Å²) in [6, 6.07) is 5.97. The first-order valence-corrected chi connectivity index (χ1v) is 10.8. The van der Waals surface area contributed by atoms with Gasteiger partial charge in [-0.3, -0.25) is 9.78 Å². The number of ether oxygens (including phenoxy) is 1. The number of nitrogens with one attached hydrogen (secondary N) is 1. The lowest BCUT2D eigenvalue weighted by atomic mass is 9.49. The summed E-state index contributed by atoms with van der Waals surface area (Å²) in [5, 5.41) is 12.4. The number of nitriles is 1. The molecule has 1 amide bonds. The molecular formula is C25H36N4O2. The second kappa shape index (κ2) is 9.05. The molecule has 1 aromatic carbocycles. The van der Waals surface area contributed by atoms with Crippen LogP contribution in [0.25, 0.3) is 0 Å². The molecule has 31 heavy (non-hydrogen) atoms. The van der Waals surface area contributed by atoms with Crippen LogP contribution in [0.5, 0.6) is 5.75 Å². The molecule has 0 aliphatic heterocycles. The first kappa shape index (κ1) is 24.3. The van der Waals surface area contributed by atoms with E-state index in [0.717, 1.165) is 22.6 Å². The minimum atomic E-state index is -0.285. The number of hydrogen-bond donors (Lipinski definition) is 1. The van der Waals surface area contributed by atoms with Gasteiger partial charge < -0.3 is 10.1 Å². The highest BCUT2D eigenvalue weighted by atomic mass is 16.5. The molecular weight excluding hydrogens is 388 g/mol. The molecule has 3 rings (SSSR count). The molecule has 0 spiro atoms. The molecule has 1 fully saturated rings. The molecule has 168 valence electrons. The van der Waals surface area contributed by atoms with Gasteiger partial charge in [0, 0.05) is 24.5 Å². The Morgan fingerprint density at radius 2 is 1.61 bits per heavy atom. The quantitative estimate of drug-likeness (QED) is 0.732. The number of nitrogens with zero attached hydrogens (tertiary/aromatic N) is 3. The van der Waals surface area contributed by atoms with Crippen LogP contribution >= 0.6 is 0 Å². The van der Waals surface area contributed by atoms with Crippen LogP contribution in [0.1, 0.15) is 75.8 Å². The van der Waals surface area contributed by atoms with E-state index in [1.165, 1.54) is 6.20 Å². The lowest BCUT2D eigenvalue weighted by Gasteiger charge is -2.63. The fraction of sp³-hybridized carbons (Fsp3) is 0.520. The van der Waals surface area contributed by atoms with Crippen LogP contribution in [0, 0.1) is 42.9 Å². The predicted molar refractivity (Wildman–Crippen MR) is 124 cm³/mol. The number of carbonyl (C=O) groups excluding carboxylic acids is 1. The fourth-order valence-electron chi connectivity index (χ4n) is 4.82. The lowest BCUT2D eigenvalue weighted by Crippen LogP contribution is -2.74. The maximum Gasteiger partial charge on any atom is 0.271 e. The molecule has 1 N–H and O–H groups in total. The average molecular weight is 425 g/mol. The molecule has 6 heteroatoms. The Morgan fingerprint density at radius 3 is 2.06 bits per heavy atom. The van der Waals surface area contributed by atoms with Gasteiger partial charge in [0.1, 0.15) is 17.5 Å². The maximum atomic E-state index is 12.7. The number of hydrogen-bond acceptors (Lipinski definition) is 5. The van der Waals surface area contributed by atoms with E-state index in [1.54, 1.807) is 6.20 Å². The van der Waals surface area contributed by atoms with E-state index in [1.807, 2.05) is 46.8 Å². The average Bonchev–Trinajstić information content (AvgIpc) is 2.71. The molecule has 0 radical (unpaired) electrons. The summed E-state index contributed by atoms with van der Waals surface area (Å²) in [6.45, 7) is 18.1. The minimum Gasteiger partial charge on any atom is -0.489 e. The summed E-state index contributed by atoms with van der Waals surface area (Å²) in [4.78, 5) is 21.0. The first-order chi connectivity index (χ1) is 14.5. The number of aryl methyl sites for hydroxylation is 3. The van der Waals surface area contributed by atoms with Crippen molar-refractivity contribution in [3.8, 4) is 11.8 Å². The Labute approximate surface area is 187 Å². The standard InChI is InChI=1S/C23H28N4O2.C2H6.H2/c1-13-8-16(9-14(2)17(13)10-24)29-21-22(4,5)20(23(21,6)7)27-19(28)18-12-25-15(3)11-26-18;1-2;/h8-9,11-12,20-21H,1-7H3,(H,27,28);1-2H3;1H. The van der Waals surface area contributed by atoms with Crippen LogP contribution < -0.4 is 10.1 Å². The van der Waals surface area contributed by atoms with Gasteiger partial charge in [-0.2, -0.15) is 5.26 Å². The topological polar surface area (TPSA) is 87.9 Å². The van der Waals surface area contributed by atoms with Crippen molar-refractivity contribution in [2.24, 2.45) is 10.8 Å². The van der Waals surface area contributed by atoms with Gasteiger partial charge in [0.05, 0.1) is 23.5 Å². The van der Waals surface area contributed by atoms with E-state index in [-0.39, 0.29) is 30.3 Å². The Kier molecular flexibility index (Phi) is 7.10. The first-order valence-electron chi connectivity index (χ1n) is 10.8. The molecule has 0 unspecified atom stereocenters. The molecule has 0 bridgehead atoms. The van der Waals surface area contributed by atoms with Gasteiger partial charge in [0.2, 0.25) is 0 Å². The second-order valence-electron chi connectivity index (χ2n) is 9.13. The monoisotopic (exact) mass is 424 g/mol. The van der Waals surface area contributed by atoms with Gasteiger partial charge in [0.15, 0.2) is 0 Å². The van der Waals surface area contributed by atoms with E-state index < -0.39 is 0 Å². The second-order valence-corrected chi connectivity index (χ2v) is 9.13. The lowest BCUT2D eigenvalue weighted by molar-refractivity contribution is -0.164. The van der Waals surface area contributed by atoms with Gasteiger partial charge in [-0.15, -0.1) is 0 Å². The number of benzene rings is 1. The molecule has 1 aromatic heterocycles. The zero-order valence-corrected chi connectivity index (χ0v) is 20.1. The summed E-state index contributed by atoms with van der Waals surface area (Å²) in [5.41, 5.74) is 3.01. The van der Waals surface area contributed by atoms with E-state index in [4.69, 9.17) is 4.74 Å². The van der Waals surface area contributed by atoms with E-state index >= 15 is 0 Å². The van der Waals surface area contributed by atoms with Gasteiger partial charge in [-0.05, 0) is 44.0 Å². The predicted octanol–water partition coefficient (Wildman–Crippen LogP) is 5.16. The van der Waals surface area contributed by atoms with Crippen molar-refractivity contribution >= 4 is 5.91 Å². The Bertz CT molecular complexity index is 955. The molecule has 1 aliphatic rings. The van der Waals surface area contributed by atoms with Crippen molar-refractivity contribution in [3.63, 3.8) is 0 Å². The fourth-order valence-corrected chi connectivity index (χ4v) is 4.82. The highest BCUT2D eigenvalue weighted by molar-refractivity contribution is 5.92. The Hall–Kier alpha value is -2.94. The van der Waals surface area contributed by atoms with Crippen LogP contribution in [0.3, 0.4) is 0 Å². The number of aromatic nitrogens is 2. The Balaban J connectivity index is 0.00000166. The molecule has 0 saturated heterocycles. The van der Waals surface area contributed by atoms with Crippen LogP contribution in [0.4, 0.5) is 0 Å². The summed E-state index contributed by atoms with van der Waals surface area (Å²) in [7, 11) is 0. The van der Waals surface area contributed by atoms with E-state index in [9.17, 15) is 10.1 Å². The molecule has 1 aliphatic carbocycles. The molecule has 2 aromatic rings. The molecule has 6 nitrogen and oxygen atoms in total. The Morgan fingerprint density at radius 1 is 1.06 bits per heavy atom. The van der Waals surface area contributed by atoms with Gasteiger partial charge in [0.25, 0.3) is 5.91 Å². The zero-order valence-electron chi connectivity index (χ0n) is 20.1. The summed E-state index contributed by atoms with van der Waals surface area (Å²) < 4.78 is 6.39. The summed E-state index contributed by atoms with van der Waals surface area (Å²) in [5.74, 6) is 0.520. The number of rotatable bonds is 4. The number of amides is 1. The van der Waals surface area contributed by atoms with Gasteiger partial charge in [-0.1, -0.05) is 41.5 Å². The van der Waals surface area contributed by atoms with E-state index in [2.05, 4.69) is 49.0 Å². The third kappa shape index (κ3) is 4.56. The highest BCUT2D eigenvalue weighted by Crippen LogP contribution is 2.55. The molecule has 1 heterocycles. The van der Waals surface area contributed by atoms with Crippen molar-refractivity contribution in [3.05, 3.63) is 52.6 Å². The van der Waals surface area contributed by atoms with Crippen LogP contribution in [0.2, 0.25) is 0 Å². The smallest absolute Gasteiger partial charge is 0.271 e. The van der Waals surface area contributed by atoms with Crippen molar-refractivity contribution < 1.29 is 11.0 Å². The minimum absolute atomic E-state index is 0. The third-order valence-corrected chi connectivity index (χ3v) is 6.00. The van der Waals surface area contributed by atoms with Gasteiger partial charge in [-0.25, -0.2) is 4.98 Å². The van der Waals surface area contributed by atoms with Gasteiger partial charge >= 0.3 is 0 Å². The van der Waals surface area contributed by atoms with Crippen molar-refractivity contribution in [1.82, 2.24) is 15.3 Å². The van der Waals surface area contributed by atoms with Crippen molar-refractivity contribution in [1.29, 1.82) is 5.26 Å². The SMILES string of the molecule is CC.Cc1cnc(C(=O)NC2C(C)(C)C(Oc3cc(C)c(C#N)c(C)c3)C2(C)C)cn1.[HH]. The highest BCUT2D eigenvalue weighted by Gasteiger charge is 2.64. The summed E-state index contributed by atoms with van der Waals surface area (Å²) >= 11 is 0.